The fourth-order valence-electron chi connectivity index (χ4n) is 4.22. The number of carbonyl (C=O) groups excluding carboxylic acids is 2. The van der Waals surface area contributed by atoms with Gasteiger partial charge >= 0.3 is 0 Å². The van der Waals surface area contributed by atoms with Crippen LogP contribution < -0.4 is 0 Å². The fourth-order valence-corrected chi connectivity index (χ4v) is 4.22. The lowest BCUT2D eigenvalue weighted by molar-refractivity contribution is -0.122. The van der Waals surface area contributed by atoms with Gasteiger partial charge in [-0.15, -0.1) is 10.2 Å². The van der Waals surface area contributed by atoms with Crippen LogP contribution in [0.25, 0.3) is 0 Å². The average molecular weight is 459 g/mol. The molecule has 184 valence electrons. The Hall–Kier alpha value is -2.38. The van der Waals surface area contributed by atoms with Crippen molar-refractivity contribution in [1.29, 1.82) is 0 Å². The van der Waals surface area contributed by atoms with Crippen LogP contribution in [0.4, 0.5) is 0 Å². The number of carbonyl (C=O) groups is 2. The van der Waals surface area contributed by atoms with E-state index in [0.29, 0.717) is 6.67 Å². The summed E-state index contributed by atoms with van der Waals surface area (Å²) in [5.41, 5.74) is 1.79. The van der Waals surface area contributed by atoms with E-state index in [0.717, 1.165) is 62.8 Å². The van der Waals surface area contributed by atoms with Crippen LogP contribution in [-0.4, -0.2) is 41.6 Å². The summed E-state index contributed by atoms with van der Waals surface area (Å²) in [7, 11) is 0. The summed E-state index contributed by atoms with van der Waals surface area (Å²) < 4.78 is 3.49. The molecule has 0 fully saturated rings. The standard InChI is InChI=1S/C25H42N6O2/c1-5-7-9-11-22(20(3)32)13-15-24-17-30(28-26-24)19-31-18-25(27-29-31)16-14-23(21(4)33)12-10-8-6-2/h17-18,22-23H,5-16,19H2,1-4H3. The van der Waals surface area contributed by atoms with E-state index in [1.807, 2.05) is 12.4 Å². The van der Waals surface area contributed by atoms with Gasteiger partial charge in [0.1, 0.15) is 18.2 Å². The van der Waals surface area contributed by atoms with Crippen LogP contribution in [0.5, 0.6) is 0 Å². The first kappa shape index (κ1) is 26.9. The number of ketones is 2. The number of rotatable bonds is 18. The summed E-state index contributed by atoms with van der Waals surface area (Å²) in [6, 6.07) is 0. The van der Waals surface area contributed by atoms with Gasteiger partial charge in [0.2, 0.25) is 0 Å². The first-order valence-corrected chi connectivity index (χ1v) is 12.7. The molecule has 2 aromatic rings. The molecule has 2 atom stereocenters. The highest BCUT2D eigenvalue weighted by atomic mass is 16.1. The number of nitrogens with zero attached hydrogens (tertiary/aromatic N) is 6. The molecule has 0 aliphatic rings. The molecular weight excluding hydrogens is 416 g/mol. The Labute approximate surface area is 198 Å². The Bertz CT molecular complexity index is 775. The van der Waals surface area contributed by atoms with Crippen molar-refractivity contribution in [3.63, 3.8) is 0 Å². The smallest absolute Gasteiger partial charge is 0.136 e. The van der Waals surface area contributed by atoms with Crippen molar-refractivity contribution >= 4 is 11.6 Å². The van der Waals surface area contributed by atoms with Gasteiger partial charge in [0.25, 0.3) is 0 Å². The molecule has 0 aliphatic carbocycles. The van der Waals surface area contributed by atoms with Gasteiger partial charge in [-0.3, -0.25) is 9.59 Å². The number of hydrogen-bond donors (Lipinski definition) is 0. The van der Waals surface area contributed by atoms with E-state index in [2.05, 4.69) is 34.5 Å². The van der Waals surface area contributed by atoms with Crippen LogP contribution in [-0.2, 0) is 29.1 Å². The highest BCUT2D eigenvalue weighted by Gasteiger charge is 2.16. The predicted octanol–water partition coefficient (Wildman–Crippen LogP) is 4.81. The second kappa shape index (κ2) is 14.7. The lowest BCUT2D eigenvalue weighted by atomic mass is 9.92. The first-order chi connectivity index (χ1) is 15.9. The Kier molecular flexibility index (Phi) is 12.0. The first-order valence-electron chi connectivity index (χ1n) is 12.7. The van der Waals surface area contributed by atoms with E-state index in [9.17, 15) is 9.59 Å². The van der Waals surface area contributed by atoms with Gasteiger partial charge in [-0.2, -0.15) is 0 Å². The van der Waals surface area contributed by atoms with Crippen LogP contribution in [0.1, 0.15) is 103 Å². The van der Waals surface area contributed by atoms with E-state index < -0.39 is 0 Å². The third kappa shape index (κ3) is 9.96. The van der Waals surface area contributed by atoms with E-state index in [1.54, 1.807) is 23.2 Å². The van der Waals surface area contributed by atoms with Gasteiger partial charge in [0.15, 0.2) is 0 Å². The van der Waals surface area contributed by atoms with Gasteiger partial charge in [-0.1, -0.05) is 62.8 Å². The molecule has 0 radical (unpaired) electrons. The molecule has 2 rings (SSSR count). The summed E-state index contributed by atoms with van der Waals surface area (Å²) in [5, 5.41) is 16.9. The molecular formula is C25H42N6O2. The molecule has 2 heterocycles. The van der Waals surface area contributed by atoms with Gasteiger partial charge in [0, 0.05) is 11.8 Å². The van der Waals surface area contributed by atoms with Crippen LogP contribution in [0.2, 0.25) is 0 Å². The van der Waals surface area contributed by atoms with Crippen molar-refractivity contribution < 1.29 is 9.59 Å². The Morgan fingerprint density at radius 1 is 0.727 bits per heavy atom. The highest BCUT2D eigenvalue weighted by Crippen LogP contribution is 2.18. The topological polar surface area (TPSA) is 95.6 Å². The normalized spacial score (nSPS) is 13.2. The minimum absolute atomic E-state index is 0.111. The summed E-state index contributed by atoms with van der Waals surface area (Å²) in [5.74, 6) is 0.762. The number of aryl methyl sites for hydroxylation is 2. The monoisotopic (exact) mass is 458 g/mol. The van der Waals surface area contributed by atoms with Crippen molar-refractivity contribution in [2.24, 2.45) is 11.8 Å². The van der Waals surface area contributed by atoms with E-state index in [4.69, 9.17) is 0 Å². The molecule has 0 spiro atoms. The molecule has 0 bridgehead atoms. The van der Waals surface area contributed by atoms with Crippen molar-refractivity contribution in [1.82, 2.24) is 30.0 Å². The van der Waals surface area contributed by atoms with Gasteiger partial charge < -0.3 is 0 Å². The van der Waals surface area contributed by atoms with Crippen LogP contribution in [0.3, 0.4) is 0 Å². The zero-order valence-electron chi connectivity index (χ0n) is 21.0. The summed E-state index contributed by atoms with van der Waals surface area (Å²) in [4.78, 5) is 23.9. The molecule has 8 nitrogen and oxygen atoms in total. The number of Topliss-reactive ketones (excluding diaryl/α,β-unsaturated/α-hetero) is 2. The lowest BCUT2D eigenvalue weighted by Crippen LogP contribution is -2.12. The molecule has 33 heavy (non-hydrogen) atoms. The molecule has 0 N–H and O–H groups in total. The summed E-state index contributed by atoms with van der Waals surface area (Å²) in [6.07, 6.45) is 15.8. The minimum atomic E-state index is 0.111. The molecule has 0 saturated carbocycles. The van der Waals surface area contributed by atoms with Crippen molar-refractivity contribution in [2.75, 3.05) is 0 Å². The second-order valence-electron chi connectivity index (χ2n) is 9.32. The number of hydrogen-bond acceptors (Lipinski definition) is 6. The van der Waals surface area contributed by atoms with E-state index in [1.165, 1.54) is 25.7 Å². The predicted molar refractivity (Wildman–Crippen MR) is 129 cm³/mol. The Balaban J connectivity index is 1.81. The van der Waals surface area contributed by atoms with Crippen LogP contribution in [0, 0.1) is 11.8 Å². The third-order valence-electron chi connectivity index (χ3n) is 6.42. The van der Waals surface area contributed by atoms with Crippen molar-refractivity contribution in [2.45, 2.75) is 111 Å². The molecule has 2 aromatic heterocycles. The zero-order valence-corrected chi connectivity index (χ0v) is 21.0. The maximum absolute atomic E-state index is 11.9. The van der Waals surface area contributed by atoms with Gasteiger partial charge in [-0.25, -0.2) is 9.36 Å². The molecule has 0 aliphatic heterocycles. The fraction of sp³-hybridized carbons (Fsp3) is 0.760. The Morgan fingerprint density at radius 3 is 1.52 bits per heavy atom. The zero-order chi connectivity index (χ0) is 24.1. The summed E-state index contributed by atoms with van der Waals surface area (Å²) in [6.45, 7) is 8.19. The van der Waals surface area contributed by atoms with Crippen molar-refractivity contribution in [3.05, 3.63) is 23.8 Å². The third-order valence-corrected chi connectivity index (χ3v) is 6.42. The quantitative estimate of drug-likeness (QED) is 0.297. The van der Waals surface area contributed by atoms with E-state index in [-0.39, 0.29) is 23.4 Å². The molecule has 0 saturated heterocycles. The lowest BCUT2D eigenvalue weighted by Gasteiger charge is -2.12. The molecule has 8 heteroatoms. The second-order valence-corrected chi connectivity index (χ2v) is 9.32. The molecule has 2 unspecified atom stereocenters. The highest BCUT2D eigenvalue weighted by molar-refractivity contribution is 5.78. The van der Waals surface area contributed by atoms with E-state index >= 15 is 0 Å². The minimum Gasteiger partial charge on any atom is -0.300 e. The van der Waals surface area contributed by atoms with Gasteiger partial charge in [0.05, 0.1) is 23.8 Å². The largest absolute Gasteiger partial charge is 0.300 e. The maximum atomic E-state index is 11.9. The molecule has 0 amide bonds. The van der Waals surface area contributed by atoms with Crippen LogP contribution >= 0.6 is 0 Å². The maximum Gasteiger partial charge on any atom is 0.136 e. The number of aromatic nitrogens is 6. The summed E-state index contributed by atoms with van der Waals surface area (Å²) >= 11 is 0. The SMILES string of the molecule is CCCCCC(CCc1cn(Cn2cc(CCC(CCCCC)C(C)=O)nn2)nn1)C(C)=O. The number of unbranched alkanes of at least 4 members (excludes halogenated alkanes) is 4. The average Bonchev–Trinajstić information content (AvgIpc) is 3.42. The molecule has 0 aromatic carbocycles. The van der Waals surface area contributed by atoms with Crippen LogP contribution in [0.15, 0.2) is 12.4 Å². The Morgan fingerprint density at radius 2 is 1.15 bits per heavy atom. The van der Waals surface area contributed by atoms with Gasteiger partial charge in [-0.05, 0) is 52.4 Å². The van der Waals surface area contributed by atoms with Crippen molar-refractivity contribution in [3.8, 4) is 0 Å².